The Morgan fingerprint density at radius 2 is 0.977 bits per heavy atom. The van der Waals surface area contributed by atoms with E-state index in [-0.39, 0.29) is 5.78 Å². The van der Waals surface area contributed by atoms with Crippen molar-refractivity contribution in [3.8, 4) is 34.5 Å². The molecule has 0 saturated heterocycles. The third-order valence-corrected chi connectivity index (χ3v) is 6.30. The fourth-order valence-electron chi connectivity index (χ4n) is 3.29. The molecule has 231 valence electrons. The number of thiol groups is 1. The van der Waals surface area contributed by atoms with Gasteiger partial charge in [0.05, 0.1) is 42.7 Å². The predicted octanol–water partition coefficient (Wildman–Crippen LogP) is 7.94. The molecule has 3 aromatic carbocycles. The van der Waals surface area contributed by atoms with E-state index in [1.807, 2.05) is 43.3 Å². The number of methoxy groups -OCH3 is 6. The zero-order valence-electron chi connectivity index (χ0n) is 26.0. The molecule has 0 N–H and O–H groups in total. The Morgan fingerprint density at radius 1 is 0.674 bits per heavy atom. The third kappa shape index (κ3) is 13.4. The van der Waals surface area contributed by atoms with Crippen molar-refractivity contribution in [1.82, 2.24) is 0 Å². The monoisotopic (exact) mass is 672 g/mol. The number of hydrogen-bond donors (Lipinski definition) is 1. The first kappa shape index (κ1) is 39.3. The Morgan fingerprint density at radius 3 is 1.28 bits per heavy atom. The van der Waals surface area contributed by atoms with E-state index in [9.17, 15) is 4.79 Å². The summed E-state index contributed by atoms with van der Waals surface area (Å²) in [6.07, 6.45) is 0. The summed E-state index contributed by atoms with van der Waals surface area (Å²) in [5.74, 6) is 4.17. The van der Waals surface area contributed by atoms with Gasteiger partial charge < -0.3 is 28.4 Å². The first-order valence-electron chi connectivity index (χ1n) is 12.6. The van der Waals surface area contributed by atoms with Crippen LogP contribution in [0.2, 0.25) is 0 Å². The molecule has 3 aromatic rings. The van der Waals surface area contributed by atoms with Crippen LogP contribution in [0.1, 0.15) is 35.3 Å². The predicted molar refractivity (Wildman–Crippen MR) is 183 cm³/mol. The number of benzene rings is 3. The van der Waals surface area contributed by atoms with Crippen LogP contribution in [0.3, 0.4) is 0 Å². The Bertz CT molecular complexity index is 1290. The van der Waals surface area contributed by atoms with Gasteiger partial charge in [-0.2, -0.15) is 0 Å². The average molecular weight is 673 g/mol. The number of hydrogen-bond acceptors (Lipinski definition) is 9. The van der Waals surface area contributed by atoms with Gasteiger partial charge in [0.25, 0.3) is 0 Å². The molecule has 43 heavy (non-hydrogen) atoms. The van der Waals surface area contributed by atoms with Crippen molar-refractivity contribution in [2.24, 2.45) is 4.30 Å². The third-order valence-electron chi connectivity index (χ3n) is 5.62. The number of ether oxygens (including phenoxy) is 6. The average Bonchev–Trinajstić information content (AvgIpc) is 3.03. The standard InChI is InChI=1S/C11H13BrO2.C11H14O2.C10H12O3.BHNS/c1-8(7-12)9-4-5-10(13-2)11(6-9)14-3;1-8(2)9-5-6-10(12-3)11(7-9)13-4;1-7(11)8-4-5-9(12-2)10(6-8)13-3;1-2-3/h4-6H,1,7H2,2-3H3;5-7H,1H2,2-4H3;4-6H,1-3H3;3H. The summed E-state index contributed by atoms with van der Waals surface area (Å²) >= 11 is 6.55. The topological polar surface area (TPSA) is 84.8 Å². The van der Waals surface area contributed by atoms with Gasteiger partial charge >= 0.3 is 24.8 Å². The molecular weight excluding hydrogens is 633 g/mol. The van der Waals surface area contributed by atoms with E-state index in [0.717, 1.165) is 50.6 Å². The van der Waals surface area contributed by atoms with Gasteiger partial charge in [0.15, 0.2) is 40.3 Å². The van der Waals surface area contributed by atoms with E-state index in [1.165, 1.54) is 6.92 Å². The van der Waals surface area contributed by atoms with Crippen LogP contribution in [-0.4, -0.2) is 61.4 Å². The number of halogens is 1. The fraction of sp³-hybridized carbons (Fsp3) is 0.281. The normalized spacial score (nSPS) is 9.14. The van der Waals surface area contributed by atoms with E-state index in [0.29, 0.717) is 17.1 Å². The maximum atomic E-state index is 11.0. The summed E-state index contributed by atoms with van der Waals surface area (Å²) in [6.45, 7) is 11.3. The molecule has 0 aliphatic carbocycles. The molecule has 0 fully saturated rings. The molecule has 0 aromatic heterocycles. The van der Waals surface area contributed by atoms with Crippen molar-refractivity contribution < 1.29 is 33.2 Å². The Hall–Kier alpha value is -3.70. The van der Waals surface area contributed by atoms with Gasteiger partial charge in [0, 0.05) is 10.9 Å². The summed E-state index contributed by atoms with van der Waals surface area (Å²) in [5.41, 5.74) is 4.78. The molecule has 0 amide bonds. The van der Waals surface area contributed by atoms with Crippen molar-refractivity contribution in [3.05, 3.63) is 84.4 Å². The van der Waals surface area contributed by atoms with Gasteiger partial charge in [-0.05, 0) is 73.0 Å². The number of Topliss-reactive ketones (excluding diaryl/α,β-unsaturated/α-hetero) is 1. The number of alkyl halides is 1. The number of carbonyl (C=O) groups excluding carboxylic acids is 1. The number of nitrogens with zero attached hydrogens (tertiary/aromatic N) is 1. The van der Waals surface area contributed by atoms with Crippen LogP contribution in [0.5, 0.6) is 34.5 Å². The van der Waals surface area contributed by atoms with Crippen LogP contribution in [0.4, 0.5) is 0 Å². The summed E-state index contributed by atoms with van der Waals surface area (Å²) < 4.78 is 33.4. The Kier molecular flexibility index (Phi) is 20.0. The molecule has 8 nitrogen and oxygen atoms in total. The van der Waals surface area contributed by atoms with Crippen molar-refractivity contribution >= 4 is 53.3 Å². The zero-order valence-corrected chi connectivity index (χ0v) is 28.5. The Labute approximate surface area is 270 Å². The molecule has 0 aliphatic rings. The van der Waals surface area contributed by atoms with E-state index in [1.54, 1.807) is 60.9 Å². The number of ketones is 1. The summed E-state index contributed by atoms with van der Waals surface area (Å²) in [6, 6.07) is 16.6. The van der Waals surface area contributed by atoms with Crippen molar-refractivity contribution in [3.63, 3.8) is 0 Å². The summed E-state index contributed by atoms with van der Waals surface area (Å²) in [5, 5.41) is 0.752. The molecule has 11 heteroatoms. The fourth-order valence-corrected chi connectivity index (χ4v) is 3.61. The second-order valence-electron chi connectivity index (χ2n) is 8.40. The molecule has 1 radical (unpaired) electrons. The summed E-state index contributed by atoms with van der Waals surface area (Å²) in [7, 11) is 13.9. The van der Waals surface area contributed by atoms with E-state index >= 15 is 0 Å². The van der Waals surface area contributed by atoms with E-state index in [2.05, 4.69) is 53.8 Å². The first-order valence-corrected chi connectivity index (χ1v) is 14.2. The van der Waals surface area contributed by atoms with Crippen LogP contribution in [0.15, 0.2) is 72.1 Å². The second-order valence-corrected chi connectivity index (χ2v) is 9.19. The van der Waals surface area contributed by atoms with Gasteiger partial charge in [-0.3, -0.25) is 4.79 Å². The molecular formula is C32H40BBrNO7S. The number of rotatable bonds is 10. The molecule has 0 heterocycles. The number of allylic oxidation sites excluding steroid dienone is 2. The maximum absolute atomic E-state index is 11.0. The second kappa shape index (κ2) is 21.9. The van der Waals surface area contributed by atoms with Gasteiger partial charge in [-0.1, -0.05) is 46.8 Å². The van der Waals surface area contributed by atoms with Crippen molar-refractivity contribution in [2.45, 2.75) is 13.8 Å². The van der Waals surface area contributed by atoms with Gasteiger partial charge in [0.1, 0.15) is 0 Å². The van der Waals surface area contributed by atoms with Gasteiger partial charge in [-0.25, -0.2) is 0 Å². The molecule has 0 unspecified atom stereocenters. The molecule has 0 atom stereocenters. The van der Waals surface area contributed by atoms with Gasteiger partial charge in [0.2, 0.25) is 0 Å². The molecule has 0 bridgehead atoms. The van der Waals surface area contributed by atoms with Crippen molar-refractivity contribution in [1.29, 1.82) is 0 Å². The SMILES string of the molecule is C=C(C)c1ccc(OC)c(OC)c1.C=C(CBr)c1ccc(OC)c(OC)c1.COc1ccc(C(C)=O)cc1OC.[B]=NS. The zero-order chi connectivity index (χ0) is 32.9. The minimum absolute atomic E-state index is 0.0148. The summed E-state index contributed by atoms with van der Waals surface area (Å²) in [4.78, 5) is 11.0. The Balaban J connectivity index is 0.000000588. The van der Waals surface area contributed by atoms with Gasteiger partial charge in [-0.15, -0.1) is 0 Å². The number of carbonyl (C=O) groups is 1. The van der Waals surface area contributed by atoms with Crippen LogP contribution in [-0.2, 0) is 0 Å². The molecule has 0 aliphatic heterocycles. The molecule has 0 spiro atoms. The van der Waals surface area contributed by atoms with Crippen molar-refractivity contribution in [2.75, 3.05) is 48.0 Å². The van der Waals surface area contributed by atoms with Crippen LogP contribution in [0, 0.1) is 0 Å². The van der Waals surface area contributed by atoms with Crippen LogP contribution >= 0.6 is 28.7 Å². The van der Waals surface area contributed by atoms with Crippen LogP contribution < -0.4 is 28.4 Å². The minimum atomic E-state index is 0.0148. The first-order chi connectivity index (χ1) is 20.5. The van der Waals surface area contributed by atoms with Crippen LogP contribution in [0.25, 0.3) is 11.1 Å². The molecule has 3 rings (SSSR count). The van der Waals surface area contributed by atoms with E-state index in [4.69, 9.17) is 28.4 Å². The molecule has 0 saturated carbocycles. The quantitative estimate of drug-likeness (QED) is 0.101. The van der Waals surface area contributed by atoms with E-state index < -0.39 is 0 Å².